The molecule has 29 heavy (non-hydrogen) atoms. The number of hydrogen-bond donors (Lipinski definition) is 2. The number of anilines is 1. The maximum Gasteiger partial charge on any atom is 0.272 e. The van der Waals surface area contributed by atoms with Crippen LogP contribution in [0.3, 0.4) is 0 Å². The molecule has 0 aliphatic rings. The molecule has 0 fully saturated rings. The maximum atomic E-state index is 14.2. The van der Waals surface area contributed by atoms with Crippen molar-refractivity contribution in [3.05, 3.63) is 76.2 Å². The molecule has 1 aromatic heterocycles. The summed E-state index contributed by atoms with van der Waals surface area (Å²) < 4.78 is 19.8. The predicted octanol–water partition coefficient (Wildman–Crippen LogP) is 3.49. The zero-order valence-electron chi connectivity index (χ0n) is 15.5. The number of non-ortho nitro benzene ring substituents is 1. The summed E-state index contributed by atoms with van der Waals surface area (Å²) in [7, 11) is 1.50. The Kier molecular flexibility index (Phi) is 7.33. The summed E-state index contributed by atoms with van der Waals surface area (Å²) in [5.41, 5.74) is 12.1. The molecule has 0 radical (unpaired) electrons. The van der Waals surface area contributed by atoms with E-state index in [-0.39, 0.29) is 23.0 Å². The molecule has 0 saturated heterocycles. The van der Waals surface area contributed by atoms with Gasteiger partial charge in [-0.2, -0.15) is 0 Å². The van der Waals surface area contributed by atoms with Gasteiger partial charge >= 0.3 is 0 Å². The van der Waals surface area contributed by atoms with Crippen LogP contribution in [0.25, 0.3) is 11.1 Å². The van der Waals surface area contributed by atoms with Gasteiger partial charge in [0.15, 0.2) is 11.6 Å². The number of aldehydes is 1. The maximum absolute atomic E-state index is 14.2. The van der Waals surface area contributed by atoms with Crippen LogP contribution < -0.4 is 16.2 Å². The lowest BCUT2D eigenvalue weighted by Gasteiger charge is -2.13. The molecule has 0 aliphatic heterocycles. The zero-order valence-corrected chi connectivity index (χ0v) is 15.5. The van der Waals surface area contributed by atoms with Crippen molar-refractivity contribution in [1.29, 1.82) is 0 Å². The molecule has 150 valence electrons. The van der Waals surface area contributed by atoms with Crippen molar-refractivity contribution in [3.63, 3.8) is 0 Å². The van der Waals surface area contributed by atoms with Crippen molar-refractivity contribution in [2.24, 2.45) is 5.73 Å². The summed E-state index contributed by atoms with van der Waals surface area (Å²) in [6.45, 7) is 0. The average Bonchev–Trinajstić information content (AvgIpc) is 2.72. The topological polar surface area (TPSA) is 134 Å². The Morgan fingerprint density at radius 2 is 1.83 bits per heavy atom. The van der Waals surface area contributed by atoms with Gasteiger partial charge in [-0.3, -0.25) is 10.1 Å². The van der Waals surface area contributed by atoms with Gasteiger partial charge in [-0.05, 0) is 30.3 Å². The first kappa shape index (κ1) is 21.5. The van der Waals surface area contributed by atoms with Gasteiger partial charge < -0.3 is 21.0 Å². The molecular formula is C20H19FN4O4. The summed E-state index contributed by atoms with van der Waals surface area (Å²) in [6.07, 6.45) is 2.51. The van der Waals surface area contributed by atoms with Crippen LogP contribution in [0.15, 0.2) is 54.7 Å². The third kappa shape index (κ3) is 5.11. The van der Waals surface area contributed by atoms with Crippen molar-refractivity contribution in [3.8, 4) is 22.6 Å². The molecule has 9 heteroatoms. The average molecular weight is 398 g/mol. The van der Waals surface area contributed by atoms with Crippen molar-refractivity contribution < 1.29 is 18.8 Å². The second-order valence-corrected chi connectivity index (χ2v) is 5.61. The first-order valence-corrected chi connectivity index (χ1v) is 8.46. The fourth-order valence-electron chi connectivity index (χ4n) is 2.54. The number of benzene rings is 2. The number of aromatic nitrogens is 1. The van der Waals surface area contributed by atoms with E-state index in [9.17, 15) is 19.3 Å². The lowest BCUT2D eigenvalue weighted by molar-refractivity contribution is -0.385. The van der Waals surface area contributed by atoms with Crippen molar-refractivity contribution in [2.45, 2.75) is 6.42 Å². The van der Waals surface area contributed by atoms with Crippen molar-refractivity contribution >= 4 is 17.8 Å². The fourth-order valence-corrected chi connectivity index (χ4v) is 2.54. The van der Waals surface area contributed by atoms with Gasteiger partial charge in [0.2, 0.25) is 0 Å². The Labute approximate surface area is 166 Å². The van der Waals surface area contributed by atoms with E-state index < -0.39 is 10.7 Å². The minimum atomic E-state index is -0.869. The highest BCUT2D eigenvalue weighted by atomic mass is 19.1. The van der Waals surface area contributed by atoms with E-state index in [1.807, 2.05) is 0 Å². The molecule has 1 heterocycles. The van der Waals surface area contributed by atoms with E-state index >= 15 is 0 Å². The number of ether oxygens (including phenoxy) is 1. The molecule has 3 rings (SSSR count). The van der Waals surface area contributed by atoms with Crippen molar-refractivity contribution in [1.82, 2.24) is 4.98 Å². The molecule has 2 aromatic carbocycles. The van der Waals surface area contributed by atoms with E-state index in [0.717, 1.165) is 24.0 Å². The van der Waals surface area contributed by atoms with Gasteiger partial charge in [0.25, 0.3) is 5.69 Å². The largest absolute Gasteiger partial charge is 0.453 e. The Hall–Kier alpha value is -3.85. The van der Waals surface area contributed by atoms with Gasteiger partial charge in [0.1, 0.15) is 17.9 Å². The molecule has 0 atom stereocenters. The molecule has 8 nitrogen and oxygen atoms in total. The summed E-state index contributed by atoms with van der Waals surface area (Å²) in [5.74, 6) is -0.617. The quantitative estimate of drug-likeness (QED) is 0.369. The van der Waals surface area contributed by atoms with Crippen LogP contribution in [0.1, 0.15) is 5.56 Å². The smallest absolute Gasteiger partial charge is 0.272 e. The molecule has 0 spiro atoms. The number of pyridine rings is 1. The predicted molar refractivity (Wildman–Crippen MR) is 107 cm³/mol. The summed E-state index contributed by atoms with van der Waals surface area (Å²) in [5, 5.41) is 10.7. The first-order valence-electron chi connectivity index (χ1n) is 8.46. The van der Waals surface area contributed by atoms with Crippen LogP contribution in [0, 0.1) is 15.9 Å². The van der Waals surface area contributed by atoms with E-state index in [1.165, 1.54) is 25.4 Å². The highest BCUT2D eigenvalue weighted by Crippen LogP contribution is 2.37. The molecule has 0 amide bonds. The monoisotopic (exact) mass is 398 g/mol. The molecular weight excluding hydrogens is 379 g/mol. The summed E-state index contributed by atoms with van der Waals surface area (Å²) in [6, 6.07) is 11.7. The van der Waals surface area contributed by atoms with E-state index in [1.54, 1.807) is 24.3 Å². The third-order valence-electron chi connectivity index (χ3n) is 3.85. The first-order chi connectivity index (χ1) is 14.0. The number of nitro benzene ring substituents is 1. The summed E-state index contributed by atoms with van der Waals surface area (Å²) in [4.78, 5) is 24.7. The zero-order chi connectivity index (χ0) is 21.4. The van der Waals surface area contributed by atoms with Crippen molar-refractivity contribution in [2.75, 3.05) is 12.8 Å². The minimum Gasteiger partial charge on any atom is -0.453 e. The lowest BCUT2D eigenvalue weighted by Crippen LogP contribution is -1.99. The Balaban J connectivity index is 0.00000145. The molecule has 0 saturated carbocycles. The molecule has 0 aliphatic carbocycles. The standard InChI is InChI=1S/C19H14FN3O4.CH5N/c20-15-11-14(23(25)26)5-6-16(15)27-17-7-9-22-19(21)18(17)13-3-1-12(2-4-13)8-10-24;1-2/h1-7,9-11H,8H2,(H2,21,22);2H2,1H3. The van der Waals surface area contributed by atoms with E-state index in [0.29, 0.717) is 17.5 Å². The van der Waals surface area contributed by atoms with Gasteiger partial charge in [-0.25, -0.2) is 9.37 Å². The number of carbonyl (C=O) groups is 1. The number of hydrogen-bond acceptors (Lipinski definition) is 7. The second kappa shape index (κ2) is 9.90. The van der Waals surface area contributed by atoms with E-state index in [4.69, 9.17) is 10.5 Å². The minimum absolute atomic E-state index is 0.176. The second-order valence-electron chi connectivity index (χ2n) is 5.61. The van der Waals surface area contributed by atoms with Crippen LogP contribution in [0.4, 0.5) is 15.9 Å². The molecule has 0 bridgehead atoms. The van der Waals surface area contributed by atoms with Gasteiger partial charge in [0, 0.05) is 18.7 Å². The fraction of sp³-hybridized carbons (Fsp3) is 0.100. The van der Waals surface area contributed by atoms with E-state index in [2.05, 4.69) is 10.7 Å². The number of nitrogens with zero attached hydrogens (tertiary/aromatic N) is 2. The normalized spacial score (nSPS) is 9.90. The number of nitrogen functional groups attached to an aromatic ring is 1. The van der Waals surface area contributed by atoms with Crippen LogP contribution in [0.2, 0.25) is 0 Å². The van der Waals surface area contributed by atoms with Crippen LogP contribution in [-0.2, 0) is 11.2 Å². The van der Waals surface area contributed by atoms with Crippen LogP contribution in [0.5, 0.6) is 11.5 Å². The van der Waals surface area contributed by atoms with Crippen LogP contribution >= 0.6 is 0 Å². The Morgan fingerprint density at radius 1 is 1.14 bits per heavy atom. The van der Waals surface area contributed by atoms with Crippen LogP contribution in [-0.4, -0.2) is 23.2 Å². The number of halogens is 1. The number of carbonyl (C=O) groups excluding carboxylic acids is 1. The lowest BCUT2D eigenvalue weighted by atomic mass is 10.0. The molecule has 3 aromatic rings. The highest BCUT2D eigenvalue weighted by Gasteiger charge is 2.16. The Bertz CT molecular complexity index is 1010. The van der Waals surface area contributed by atoms with Gasteiger partial charge in [0.05, 0.1) is 16.6 Å². The third-order valence-corrected chi connectivity index (χ3v) is 3.85. The molecule has 4 N–H and O–H groups in total. The Morgan fingerprint density at radius 3 is 2.41 bits per heavy atom. The number of nitro groups is 1. The highest BCUT2D eigenvalue weighted by molar-refractivity contribution is 5.80. The van der Waals surface area contributed by atoms with Gasteiger partial charge in [-0.15, -0.1) is 0 Å². The SMILES string of the molecule is CN.Nc1nccc(Oc2ccc([N+](=O)[O-])cc2F)c1-c1ccc(CC=O)cc1. The summed E-state index contributed by atoms with van der Waals surface area (Å²) >= 11 is 0. The molecule has 0 unspecified atom stereocenters. The van der Waals surface area contributed by atoms with Gasteiger partial charge in [-0.1, -0.05) is 24.3 Å². The number of nitrogens with two attached hydrogens (primary N) is 2. The number of rotatable bonds is 6.